The Hall–Kier alpha value is -3.44. The smallest absolute Gasteiger partial charge is 0.413 e. The third-order valence-corrected chi connectivity index (χ3v) is 8.67. The molecule has 41 heavy (non-hydrogen) atoms. The van der Waals surface area contributed by atoms with Crippen molar-refractivity contribution >= 4 is 50.5 Å². The van der Waals surface area contributed by atoms with E-state index in [9.17, 15) is 24.3 Å². The van der Waals surface area contributed by atoms with E-state index in [2.05, 4.69) is 10.6 Å². The molecule has 1 aliphatic rings. The average molecular weight is 601 g/mol. The number of ether oxygens (including phenoxy) is 1. The maximum atomic E-state index is 12.6. The summed E-state index contributed by atoms with van der Waals surface area (Å²) >= 11 is 0. The molecule has 1 aliphatic heterocycles. The second-order valence-electron chi connectivity index (χ2n) is 9.37. The first-order chi connectivity index (χ1) is 19.9. The molecule has 0 saturated carbocycles. The van der Waals surface area contributed by atoms with Crippen molar-refractivity contribution in [3.63, 3.8) is 0 Å². The Kier molecular flexibility index (Phi) is 13.6. The third-order valence-electron chi connectivity index (χ3n) is 6.10. The van der Waals surface area contributed by atoms with Gasteiger partial charge in [-0.05, 0) is 50.3 Å². The zero-order chi connectivity index (χ0) is 29.5. The van der Waals surface area contributed by atoms with Gasteiger partial charge >= 0.3 is 12.1 Å². The van der Waals surface area contributed by atoms with Gasteiger partial charge in [0.2, 0.25) is 5.91 Å². The highest BCUT2D eigenvalue weighted by molar-refractivity contribution is 8.77. The fourth-order valence-corrected chi connectivity index (χ4v) is 6.26. The Bertz CT molecular complexity index is 1340. The lowest BCUT2D eigenvalue weighted by Crippen LogP contribution is -2.42. The molecule has 0 bridgehead atoms. The molecule has 9 nitrogen and oxygen atoms in total. The van der Waals surface area contributed by atoms with Crippen LogP contribution in [0.1, 0.15) is 51.9 Å². The molecule has 2 heterocycles. The van der Waals surface area contributed by atoms with E-state index in [0.717, 1.165) is 18.4 Å². The molecular weight excluding hydrogens is 564 g/mol. The third kappa shape index (κ3) is 11.2. The van der Waals surface area contributed by atoms with Crippen molar-refractivity contribution < 1.29 is 28.6 Å². The van der Waals surface area contributed by atoms with Crippen molar-refractivity contribution in [1.29, 1.82) is 0 Å². The van der Waals surface area contributed by atoms with Crippen LogP contribution in [0.2, 0.25) is 0 Å². The zero-order valence-corrected chi connectivity index (χ0v) is 24.7. The summed E-state index contributed by atoms with van der Waals surface area (Å²) in [5, 5.41) is 14.8. The molecule has 1 saturated heterocycles. The van der Waals surface area contributed by atoms with Crippen molar-refractivity contribution in [2.45, 2.75) is 57.9 Å². The van der Waals surface area contributed by atoms with Gasteiger partial charge in [0.05, 0.1) is 5.39 Å². The van der Waals surface area contributed by atoms with Crippen LogP contribution >= 0.6 is 21.6 Å². The van der Waals surface area contributed by atoms with Crippen LogP contribution in [0.5, 0.6) is 5.75 Å². The monoisotopic (exact) mass is 600 g/mol. The number of carboxylic acid groups (broad SMARTS) is 1. The fraction of sp³-hybridized carbons (Fsp3) is 0.400. The van der Waals surface area contributed by atoms with Gasteiger partial charge in [-0.2, -0.15) is 0 Å². The second-order valence-corrected chi connectivity index (χ2v) is 12.1. The first kappa shape index (κ1) is 32.1. The lowest BCUT2D eigenvalue weighted by Gasteiger charge is -2.14. The lowest BCUT2D eigenvalue weighted by atomic mass is 10.1. The molecule has 1 atom stereocenters. The summed E-state index contributed by atoms with van der Waals surface area (Å²) < 4.78 is 11.0. The molecule has 2 amide bonds. The number of amides is 2. The maximum Gasteiger partial charge on any atom is 0.413 e. The van der Waals surface area contributed by atoms with E-state index in [1.807, 2.05) is 58.8 Å². The topological polar surface area (TPSA) is 135 Å². The number of carboxylic acids is 1. The number of unbranched alkanes of at least 4 members (excludes halogenated alkanes) is 2. The molecule has 4 rings (SSSR count). The van der Waals surface area contributed by atoms with Gasteiger partial charge in [-0.3, -0.25) is 9.59 Å². The number of hydrogen-bond acceptors (Lipinski definition) is 8. The Morgan fingerprint density at radius 1 is 1.02 bits per heavy atom. The van der Waals surface area contributed by atoms with Crippen LogP contribution in [0.4, 0.5) is 4.79 Å². The van der Waals surface area contributed by atoms with Crippen molar-refractivity contribution in [2.24, 2.45) is 0 Å². The fourth-order valence-electron chi connectivity index (χ4n) is 3.90. The van der Waals surface area contributed by atoms with Crippen LogP contribution in [0.3, 0.4) is 0 Å². The summed E-state index contributed by atoms with van der Waals surface area (Å²) in [4.78, 5) is 48.1. The number of carbonyl (C=O) groups is 3. The predicted molar refractivity (Wildman–Crippen MR) is 164 cm³/mol. The molecule has 3 N–H and O–H groups in total. The highest BCUT2D eigenvalue weighted by atomic mass is 33.1. The van der Waals surface area contributed by atoms with Crippen molar-refractivity contribution in [3.8, 4) is 17.1 Å². The van der Waals surface area contributed by atoms with E-state index in [-0.39, 0.29) is 28.9 Å². The number of benzene rings is 2. The SMILES string of the molecule is C1CSSC1.CCCCC(=O)NCCCCC(NC(=O)Oc1ccc2oc(-c3ccccc3)cc(=O)c2c1)C(=O)O. The standard InChI is InChI=1S/C27H30N2O7.C3H6S2/c1-2-3-12-25(31)28-15-8-7-11-21(26(32)33)29-27(34)35-19-13-14-23-20(16-19)22(30)17-24(36-23)18-9-5-4-6-10-18;1-2-4-5-3-1/h4-6,9-10,13-14,16-17,21H,2-3,7-8,11-12,15H2,1H3,(H,28,31)(H,29,34)(H,32,33);1-3H2. The summed E-state index contributed by atoms with van der Waals surface area (Å²) in [6, 6.07) is 13.8. The van der Waals surface area contributed by atoms with E-state index in [1.54, 1.807) is 0 Å². The Labute approximate surface area is 247 Å². The number of aliphatic carboxylic acids is 1. The van der Waals surface area contributed by atoms with E-state index in [0.29, 0.717) is 37.2 Å². The molecule has 1 aromatic heterocycles. The number of fused-ring (bicyclic) bond motifs is 1. The van der Waals surface area contributed by atoms with Gasteiger partial charge < -0.3 is 24.9 Å². The highest BCUT2D eigenvalue weighted by Crippen LogP contribution is 2.29. The van der Waals surface area contributed by atoms with Crippen LogP contribution in [-0.2, 0) is 9.59 Å². The van der Waals surface area contributed by atoms with Gasteiger partial charge in [0, 0.05) is 36.1 Å². The van der Waals surface area contributed by atoms with Crippen molar-refractivity contribution in [2.75, 3.05) is 18.1 Å². The van der Waals surface area contributed by atoms with Crippen molar-refractivity contribution in [1.82, 2.24) is 10.6 Å². The summed E-state index contributed by atoms with van der Waals surface area (Å²) in [7, 11) is 3.98. The minimum Gasteiger partial charge on any atom is -0.480 e. The average Bonchev–Trinajstić information content (AvgIpc) is 3.56. The van der Waals surface area contributed by atoms with Gasteiger partial charge in [0.1, 0.15) is 23.1 Å². The molecule has 0 radical (unpaired) electrons. The van der Waals surface area contributed by atoms with Crippen LogP contribution in [0, 0.1) is 0 Å². The minimum absolute atomic E-state index is 0.0194. The number of rotatable bonds is 12. The Balaban J connectivity index is 0.000000832. The summed E-state index contributed by atoms with van der Waals surface area (Å²) in [6.45, 7) is 2.46. The van der Waals surface area contributed by atoms with Gasteiger partial charge in [0.25, 0.3) is 0 Å². The lowest BCUT2D eigenvalue weighted by molar-refractivity contribution is -0.139. The quantitative estimate of drug-likeness (QED) is 0.163. The van der Waals surface area contributed by atoms with Crippen LogP contribution in [-0.4, -0.2) is 47.2 Å². The number of hydrogen-bond donors (Lipinski definition) is 3. The summed E-state index contributed by atoms with van der Waals surface area (Å²) in [5.74, 6) is 2.05. The molecule has 3 aromatic rings. The van der Waals surface area contributed by atoms with Gasteiger partial charge in [-0.25, -0.2) is 9.59 Å². The molecule has 11 heteroatoms. The molecule has 2 aromatic carbocycles. The Morgan fingerprint density at radius 2 is 1.78 bits per heavy atom. The predicted octanol–water partition coefficient (Wildman–Crippen LogP) is 6.25. The van der Waals surface area contributed by atoms with Crippen LogP contribution in [0.15, 0.2) is 63.8 Å². The molecule has 1 fully saturated rings. The first-order valence-electron chi connectivity index (χ1n) is 13.7. The Morgan fingerprint density at radius 3 is 2.44 bits per heavy atom. The molecule has 1 unspecified atom stereocenters. The van der Waals surface area contributed by atoms with E-state index >= 15 is 0 Å². The summed E-state index contributed by atoms with van der Waals surface area (Å²) in [5.41, 5.74) is 0.792. The van der Waals surface area contributed by atoms with Gasteiger partial charge in [-0.15, -0.1) is 0 Å². The van der Waals surface area contributed by atoms with Gasteiger partial charge in [0.15, 0.2) is 5.43 Å². The maximum absolute atomic E-state index is 12.6. The first-order valence-corrected chi connectivity index (χ1v) is 16.2. The minimum atomic E-state index is -1.19. The molecule has 0 aliphatic carbocycles. The van der Waals surface area contributed by atoms with Crippen molar-refractivity contribution in [3.05, 3.63) is 64.8 Å². The zero-order valence-electron chi connectivity index (χ0n) is 23.1. The van der Waals surface area contributed by atoms with E-state index in [4.69, 9.17) is 9.15 Å². The summed E-state index contributed by atoms with van der Waals surface area (Å²) in [6.07, 6.45) is 3.99. The van der Waals surface area contributed by atoms with Crippen LogP contribution in [0.25, 0.3) is 22.3 Å². The molecule has 0 spiro atoms. The number of nitrogens with one attached hydrogen (secondary N) is 2. The van der Waals surface area contributed by atoms with Gasteiger partial charge in [-0.1, -0.05) is 65.3 Å². The second kappa shape index (κ2) is 17.4. The molecular formula is C30H36N2O7S2. The largest absolute Gasteiger partial charge is 0.480 e. The normalized spacial score (nSPS) is 13.1. The van der Waals surface area contributed by atoms with E-state index in [1.165, 1.54) is 42.2 Å². The highest BCUT2D eigenvalue weighted by Gasteiger charge is 2.21. The van der Waals surface area contributed by atoms with Crippen LogP contribution < -0.4 is 20.8 Å². The van der Waals surface area contributed by atoms with E-state index < -0.39 is 18.1 Å². The number of carbonyl (C=O) groups excluding carboxylic acids is 2. The molecule has 220 valence electrons.